The summed E-state index contributed by atoms with van der Waals surface area (Å²) in [6.45, 7) is 0. The Hall–Kier alpha value is -0.750. The number of carbonyl (C=O) groups excluding carboxylic acids is 1. The van der Waals surface area contributed by atoms with Gasteiger partial charge in [0.25, 0.3) is 0 Å². The molecule has 1 aromatic rings. The van der Waals surface area contributed by atoms with Crippen LogP contribution in [0.15, 0.2) is 15.0 Å². The first kappa shape index (κ1) is 11.3. The molecule has 0 aromatic heterocycles. The summed E-state index contributed by atoms with van der Waals surface area (Å²) >= 11 is 5.97. The lowest BCUT2D eigenvalue weighted by molar-refractivity contribution is 0.0597. The standard InChI is InChI=1S/C8H6Br2O4/c1-14-8(13)3-2-4(9)7(12)5(10)6(3)11/h2,11-12H,1H3. The number of benzene rings is 1. The van der Waals surface area contributed by atoms with Gasteiger partial charge in [-0.15, -0.1) is 0 Å². The van der Waals surface area contributed by atoms with Gasteiger partial charge >= 0.3 is 5.97 Å². The molecule has 6 heteroatoms. The minimum atomic E-state index is -0.677. The second-order valence-electron chi connectivity index (χ2n) is 2.41. The van der Waals surface area contributed by atoms with E-state index in [1.165, 1.54) is 13.2 Å². The van der Waals surface area contributed by atoms with E-state index >= 15 is 0 Å². The molecule has 0 saturated heterocycles. The van der Waals surface area contributed by atoms with E-state index in [1.54, 1.807) is 0 Å². The zero-order chi connectivity index (χ0) is 10.9. The number of phenols is 2. The van der Waals surface area contributed by atoms with E-state index in [2.05, 4.69) is 36.6 Å². The Bertz CT molecular complexity index is 389. The second-order valence-corrected chi connectivity index (χ2v) is 4.06. The van der Waals surface area contributed by atoms with Crippen LogP contribution in [-0.4, -0.2) is 23.3 Å². The average molecular weight is 326 g/mol. The topological polar surface area (TPSA) is 66.8 Å². The van der Waals surface area contributed by atoms with Gasteiger partial charge in [-0.3, -0.25) is 0 Å². The number of hydrogen-bond acceptors (Lipinski definition) is 4. The van der Waals surface area contributed by atoms with Gasteiger partial charge in [0.05, 0.1) is 11.6 Å². The maximum Gasteiger partial charge on any atom is 0.341 e. The summed E-state index contributed by atoms with van der Waals surface area (Å²) < 4.78 is 4.79. The fourth-order valence-electron chi connectivity index (χ4n) is 0.864. The summed E-state index contributed by atoms with van der Waals surface area (Å²) in [5, 5.41) is 18.8. The van der Waals surface area contributed by atoms with Gasteiger partial charge in [-0.05, 0) is 37.9 Å². The van der Waals surface area contributed by atoms with Crippen LogP contribution in [0.2, 0.25) is 0 Å². The third-order valence-corrected chi connectivity index (χ3v) is 2.93. The number of methoxy groups -OCH3 is 1. The van der Waals surface area contributed by atoms with Crippen molar-refractivity contribution in [1.82, 2.24) is 0 Å². The maximum absolute atomic E-state index is 11.1. The summed E-state index contributed by atoms with van der Waals surface area (Å²) in [7, 11) is 1.20. The quantitative estimate of drug-likeness (QED) is 0.778. The summed E-state index contributed by atoms with van der Waals surface area (Å²) in [6, 6.07) is 1.28. The number of ether oxygens (including phenoxy) is 1. The van der Waals surface area contributed by atoms with Crippen LogP contribution in [0.25, 0.3) is 0 Å². The lowest BCUT2D eigenvalue weighted by Crippen LogP contribution is -2.02. The minimum Gasteiger partial charge on any atom is -0.506 e. The first-order valence-corrected chi connectivity index (χ1v) is 5.06. The SMILES string of the molecule is COC(=O)c1cc(Br)c(O)c(Br)c1O. The van der Waals surface area contributed by atoms with Crippen LogP contribution < -0.4 is 0 Å². The first-order chi connectivity index (χ1) is 6.49. The highest BCUT2D eigenvalue weighted by molar-refractivity contribution is 9.11. The lowest BCUT2D eigenvalue weighted by atomic mass is 10.2. The molecule has 0 heterocycles. The molecule has 0 aliphatic rings. The molecule has 0 amide bonds. The Morgan fingerprint density at radius 2 is 1.93 bits per heavy atom. The molecule has 1 aromatic carbocycles. The molecule has 4 nitrogen and oxygen atoms in total. The molecule has 0 aliphatic heterocycles. The van der Waals surface area contributed by atoms with Gasteiger partial charge < -0.3 is 14.9 Å². The highest BCUT2D eigenvalue weighted by Crippen LogP contribution is 2.41. The Balaban J connectivity index is 3.40. The number of aromatic hydroxyl groups is 2. The number of phenolic OH excluding ortho intramolecular Hbond substituents is 2. The highest BCUT2D eigenvalue weighted by Gasteiger charge is 2.19. The van der Waals surface area contributed by atoms with Gasteiger partial charge in [0.15, 0.2) is 0 Å². The van der Waals surface area contributed by atoms with E-state index in [0.717, 1.165) is 0 Å². The van der Waals surface area contributed by atoms with Crippen LogP contribution >= 0.6 is 31.9 Å². The van der Waals surface area contributed by atoms with Gasteiger partial charge in [-0.1, -0.05) is 0 Å². The van der Waals surface area contributed by atoms with E-state index in [0.29, 0.717) is 4.47 Å². The molecule has 0 atom stereocenters. The van der Waals surface area contributed by atoms with E-state index in [4.69, 9.17) is 0 Å². The molecule has 1 rings (SSSR count). The number of rotatable bonds is 1. The van der Waals surface area contributed by atoms with Crippen molar-refractivity contribution in [3.63, 3.8) is 0 Å². The Morgan fingerprint density at radius 3 is 2.43 bits per heavy atom. The molecule has 0 aliphatic carbocycles. The molecular weight excluding hydrogens is 320 g/mol. The third kappa shape index (κ3) is 1.85. The van der Waals surface area contributed by atoms with E-state index in [9.17, 15) is 15.0 Å². The minimum absolute atomic E-state index is 0.0240. The molecule has 0 unspecified atom stereocenters. The average Bonchev–Trinajstić information content (AvgIpc) is 2.19. The Morgan fingerprint density at radius 1 is 1.36 bits per heavy atom. The zero-order valence-corrected chi connectivity index (χ0v) is 10.2. The molecule has 76 valence electrons. The van der Waals surface area contributed by atoms with Crippen molar-refractivity contribution in [2.45, 2.75) is 0 Å². The van der Waals surface area contributed by atoms with Gasteiger partial charge in [0, 0.05) is 0 Å². The van der Waals surface area contributed by atoms with Crippen LogP contribution in [0.4, 0.5) is 0 Å². The molecule has 14 heavy (non-hydrogen) atoms. The fraction of sp³-hybridized carbons (Fsp3) is 0.125. The molecule has 0 saturated carbocycles. The number of carbonyl (C=O) groups is 1. The van der Waals surface area contributed by atoms with Crippen molar-refractivity contribution < 1.29 is 19.7 Å². The molecule has 2 N–H and O–H groups in total. The fourth-order valence-corrected chi connectivity index (χ4v) is 1.98. The van der Waals surface area contributed by atoms with Crippen molar-refractivity contribution >= 4 is 37.8 Å². The van der Waals surface area contributed by atoms with Crippen molar-refractivity contribution in [2.75, 3.05) is 7.11 Å². The predicted octanol–water partition coefficient (Wildman–Crippen LogP) is 2.41. The van der Waals surface area contributed by atoms with E-state index in [1.807, 2.05) is 0 Å². The van der Waals surface area contributed by atoms with Crippen molar-refractivity contribution in [1.29, 1.82) is 0 Å². The predicted molar refractivity (Wildman–Crippen MR) is 56.5 cm³/mol. The molecule has 0 spiro atoms. The van der Waals surface area contributed by atoms with Crippen LogP contribution in [0.5, 0.6) is 11.5 Å². The molecular formula is C8H6Br2O4. The normalized spacial score (nSPS) is 9.93. The number of hydrogen-bond donors (Lipinski definition) is 2. The van der Waals surface area contributed by atoms with Crippen molar-refractivity contribution in [3.05, 3.63) is 20.6 Å². The van der Waals surface area contributed by atoms with E-state index in [-0.39, 0.29) is 21.5 Å². The van der Waals surface area contributed by atoms with Crippen molar-refractivity contribution in [3.8, 4) is 11.5 Å². The summed E-state index contributed by atoms with van der Waals surface area (Å²) in [5.41, 5.74) is -0.0240. The van der Waals surface area contributed by atoms with Crippen LogP contribution in [0, 0.1) is 0 Å². The maximum atomic E-state index is 11.1. The van der Waals surface area contributed by atoms with Gasteiger partial charge in [-0.25, -0.2) is 4.79 Å². The van der Waals surface area contributed by atoms with Crippen LogP contribution in [0.3, 0.4) is 0 Å². The van der Waals surface area contributed by atoms with Gasteiger partial charge in [0.1, 0.15) is 21.5 Å². The molecule has 0 fully saturated rings. The molecule has 0 bridgehead atoms. The number of esters is 1. The summed E-state index contributed by atoms with van der Waals surface area (Å²) in [4.78, 5) is 11.1. The van der Waals surface area contributed by atoms with Gasteiger partial charge in [-0.2, -0.15) is 0 Å². The van der Waals surface area contributed by atoms with Gasteiger partial charge in [0.2, 0.25) is 0 Å². The highest BCUT2D eigenvalue weighted by atomic mass is 79.9. The third-order valence-electron chi connectivity index (χ3n) is 1.57. The second kappa shape index (κ2) is 4.18. The smallest absolute Gasteiger partial charge is 0.341 e. The summed E-state index contributed by atoms with van der Waals surface area (Å²) in [6.07, 6.45) is 0. The van der Waals surface area contributed by atoms with E-state index < -0.39 is 5.97 Å². The first-order valence-electron chi connectivity index (χ1n) is 3.47. The van der Waals surface area contributed by atoms with Crippen LogP contribution in [0.1, 0.15) is 10.4 Å². The summed E-state index contributed by atoms with van der Waals surface area (Å²) in [5.74, 6) is -1.20. The largest absolute Gasteiger partial charge is 0.506 e. The Labute approximate surface area is 96.8 Å². The zero-order valence-electron chi connectivity index (χ0n) is 7.04. The monoisotopic (exact) mass is 324 g/mol. The Kier molecular flexibility index (Phi) is 3.38. The van der Waals surface area contributed by atoms with Crippen molar-refractivity contribution in [2.24, 2.45) is 0 Å². The lowest BCUT2D eigenvalue weighted by Gasteiger charge is -2.07. The van der Waals surface area contributed by atoms with Crippen LogP contribution in [-0.2, 0) is 4.74 Å². The number of halogens is 2. The molecule has 0 radical (unpaired) electrons.